The lowest BCUT2D eigenvalue weighted by Crippen LogP contribution is -2.50. The molecule has 0 aliphatic carbocycles. The summed E-state index contributed by atoms with van der Waals surface area (Å²) in [5, 5.41) is 23.4. The van der Waals surface area contributed by atoms with Gasteiger partial charge in [0, 0.05) is 0 Å². The summed E-state index contributed by atoms with van der Waals surface area (Å²) in [4.78, 5) is 12.6. The highest BCUT2D eigenvalue weighted by atomic mass is 32.2. The Morgan fingerprint density at radius 3 is 1.28 bits per heavy atom. The highest BCUT2D eigenvalue weighted by molar-refractivity contribution is 7.85. The Morgan fingerprint density at radius 1 is 0.574 bits per heavy atom. The Hall–Kier alpha value is -0.960. The van der Waals surface area contributed by atoms with Crippen LogP contribution in [0.3, 0.4) is 0 Å². The van der Waals surface area contributed by atoms with Gasteiger partial charge in [0.15, 0.2) is 0 Å². The predicted octanol–water partition coefficient (Wildman–Crippen LogP) is 10.4. The van der Waals surface area contributed by atoms with Crippen molar-refractivity contribution in [3.63, 3.8) is 0 Å². The number of carbonyl (C=O) groups is 1. The number of rotatable bonds is 36. The van der Waals surface area contributed by atoms with Crippen LogP contribution >= 0.6 is 0 Å². The molecule has 0 bridgehead atoms. The van der Waals surface area contributed by atoms with Crippen LogP contribution < -0.4 is 5.32 Å². The second kappa shape index (κ2) is 33.5. The van der Waals surface area contributed by atoms with Gasteiger partial charge in [0.1, 0.15) is 6.10 Å². The van der Waals surface area contributed by atoms with E-state index in [9.17, 15) is 28.0 Å². The van der Waals surface area contributed by atoms with Gasteiger partial charge in [-0.15, -0.1) is 0 Å². The van der Waals surface area contributed by atoms with E-state index < -0.39 is 40.0 Å². The Labute approximate surface area is 291 Å². The van der Waals surface area contributed by atoms with E-state index in [4.69, 9.17) is 0 Å². The molecule has 7 nitrogen and oxygen atoms in total. The van der Waals surface area contributed by atoms with Gasteiger partial charge in [-0.05, 0) is 19.3 Å². The van der Waals surface area contributed by atoms with Crippen LogP contribution in [0.15, 0.2) is 12.2 Å². The van der Waals surface area contributed by atoms with Crippen LogP contribution in [-0.2, 0) is 14.9 Å². The molecule has 4 N–H and O–H groups in total. The molecule has 0 aliphatic heterocycles. The molecule has 0 rings (SSSR count). The van der Waals surface area contributed by atoms with Crippen molar-refractivity contribution in [1.82, 2.24) is 5.32 Å². The number of nitrogens with one attached hydrogen (secondary N) is 1. The second-order valence-electron chi connectivity index (χ2n) is 14.1. The van der Waals surface area contributed by atoms with Crippen molar-refractivity contribution in [2.75, 3.05) is 5.75 Å². The van der Waals surface area contributed by atoms with E-state index in [0.29, 0.717) is 6.42 Å². The molecule has 0 heterocycles. The van der Waals surface area contributed by atoms with Crippen molar-refractivity contribution in [3.05, 3.63) is 12.2 Å². The Kier molecular flexibility index (Phi) is 32.8. The normalized spacial score (nSPS) is 14.1. The standard InChI is InChI=1S/C39H77NO6S/c1-3-5-7-9-11-13-15-17-19-21-23-25-27-29-31-33-37(41)36(35-47(44,45)46)40-39(43)38(42)34-32-30-28-26-24-22-20-18-16-14-12-10-8-6-4-2/h31,33,36-38,41-42H,3-30,32,34-35H2,1-2H3,(H,40,43)(H,44,45,46)/b33-31+. The Bertz CT molecular complexity index is 818. The van der Waals surface area contributed by atoms with Crippen LogP contribution in [-0.4, -0.2) is 53.1 Å². The summed E-state index contributed by atoms with van der Waals surface area (Å²) in [7, 11) is -4.43. The Balaban J connectivity index is 4.04. The first kappa shape index (κ1) is 46.0. The Morgan fingerprint density at radius 2 is 0.915 bits per heavy atom. The van der Waals surface area contributed by atoms with Crippen LogP contribution in [0.25, 0.3) is 0 Å². The monoisotopic (exact) mass is 688 g/mol. The molecular formula is C39H77NO6S. The van der Waals surface area contributed by atoms with E-state index in [1.165, 1.54) is 147 Å². The maximum Gasteiger partial charge on any atom is 0.267 e. The summed E-state index contributed by atoms with van der Waals surface area (Å²) >= 11 is 0. The molecule has 0 saturated carbocycles. The van der Waals surface area contributed by atoms with Crippen LogP contribution in [0.2, 0.25) is 0 Å². The lowest BCUT2D eigenvalue weighted by molar-refractivity contribution is -0.130. The van der Waals surface area contributed by atoms with Gasteiger partial charge < -0.3 is 15.5 Å². The highest BCUT2D eigenvalue weighted by Crippen LogP contribution is 2.15. The SMILES string of the molecule is CCCCCCCCCCCCCCC/C=C/C(O)C(CS(=O)(=O)O)NC(=O)C(O)CCCCCCCCCCCCCCCCC. The number of carbonyl (C=O) groups excluding carboxylic acids is 1. The summed E-state index contributed by atoms with van der Waals surface area (Å²) in [5.41, 5.74) is 0. The molecule has 0 aromatic carbocycles. The van der Waals surface area contributed by atoms with E-state index in [1.54, 1.807) is 6.08 Å². The topological polar surface area (TPSA) is 124 Å². The molecule has 0 aromatic rings. The van der Waals surface area contributed by atoms with Crippen molar-refractivity contribution in [2.24, 2.45) is 0 Å². The number of hydrogen-bond acceptors (Lipinski definition) is 5. The fourth-order valence-corrected chi connectivity index (χ4v) is 6.96. The maximum atomic E-state index is 12.6. The maximum absolute atomic E-state index is 12.6. The van der Waals surface area contributed by atoms with Gasteiger partial charge >= 0.3 is 0 Å². The molecule has 47 heavy (non-hydrogen) atoms. The number of allylic oxidation sites excluding steroid dienone is 1. The minimum atomic E-state index is -4.43. The minimum Gasteiger partial charge on any atom is -0.387 e. The number of aliphatic hydroxyl groups excluding tert-OH is 2. The zero-order valence-corrected chi connectivity index (χ0v) is 31.6. The largest absolute Gasteiger partial charge is 0.387 e. The quantitative estimate of drug-likeness (QED) is 0.0295. The van der Waals surface area contributed by atoms with Crippen molar-refractivity contribution in [1.29, 1.82) is 0 Å². The molecular weight excluding hydrogens is 610 g/mol. The average Bonchev–Trinajstić information content (AvgIpc) is 3.03. The third-order valence-corrected chi connectivity index (χ3v) is 10.1. The average molecular weight is 688 g/mol. The smallest absolute Gasteiger partial charge is 0.267 e. The van der Waals surface area contributed by atoms with Gasteiger partial charge in [0.25, 0.3) is 10.1 Å². The molecule has 1 amide bonds. The third-order valence-electron chi connectivity index (χ3n) is 9.32. The first-order valence-corrected chi connectivity index (χ1v) is 21.6. The highest BCUT2D eigenvalue weighted by Gasteiger charge is 2.27. The molecule has 3 atom stereocenters. The molecule has 0 fully saturated rings. The van der Waals surface area contributed by atoms with Gasteiger partial charge in [0.2, 0.25) is 5.91 Å². The molecule has 280 valence electrons. The fraction of sp³-hybridized carbons (Fsp3) is 0.923. The molecule has 3 unspecified atom stereocenters. The number of hydrogen-bond donors (Lipinski definition) is 4. The fourth-order valence-electron chi connectivity index (χ4n) is 6.22. The van der Waals surface area contributed by atoms with E-state index >= 15 is 0 Å². The molecule has 0 radical (unpaired) electrons. The number of amides is 1. The molecule has 0 spiro atoms. The van der Waals surface area contributed by atoms with Gasteiger partial charge in [0.05, 0.1) is 17.9 Å². The molecule has 0 saturated heterocycles. The zero-order valence-electron chi connectivity index (χ0n) is 30.8. The minimum absolute atomic E-state index is 0.285. The van der Waals surface area contributed by atoms with Crippen molar-refractivity contribution in [2.45, 2.75) is 225 Å². The summed E-state index contributed by atoms with van der Waals surface area (Å²) in [5.74, 6) is -1.53. The van der Waals surface area contributed by atoms with E-state index in [2.05, 4.69) is 19.2 Å². The predicted molar refractivity (Wildman–Crippen MR) is 199 cm³/mol. The van der Waals surface area contributed by atoms with Crippen LogP contribution in [0, 0.1) is 0 Å². The second-order valence-corrected chi connectivity index (χ2v) is 15.6. The van der Waals surface area contributed by atoms with Crippen molar-refractivity contribution >= 4 is 16.0 Å². The van der Waals surface area contributed by atoms with Gasteiger partial charge in [-0.3, -0.25) is 9.35 Å². The van der Waals surface area contributed by atoms with E-state index in [-0.39, 0.29) is 6.42 Å². The first-order valence-electron chi connectivity index (χ1n) is 20.0. The van der Waals surface area contributed by atoms with E-state index in [0.717, 1.165) is 38.5 Å². The third kappa shape index (κ3) is 33.3. The summed E-state index contributed by atoms with van der Waals surface area (Å²) in [6.07, 6.45) is 36.9. The molecule has 8 heteroatoms. The van der Waals surface area contributed by atoms with Crippen LogP contribution in [0.5, 0.6) is 0 Å². The van der Waals surface area contributed by atoms with Crippen LogP contribution in [0.4, 0.5) is 0 Å². The first-order chi connectivity index (χ1) is 22.7. The van der Waals surface area contributed by atoms with Crippen LogP contribution in [0.1, 0.15) is 206 Å². The summed E-state index contributed by atoms with van der Waals surface area (Å²) in [6, 6.07) is -1.23. The molecule has 0 aromatic heterocycles. The van der Waals surface area contributed by atoms with Crippen molar-refractivity contribution in [3.8, 4) is 0 Å². The number of aliphatic hydroxyl groups is 2. The summed E-state index contributed by atoms with van der Waals surface area (Å²) < 4.78 is 32.5. The van der Waals surface area contributed by atoms with E-state index in [1.807, 2.05) is 0 Å². The van der Waals surface area contributed by atoms with Crippen molar-refractivity contribution < 1.29 is 28.0 Å². The molecule has 0 aliphatic rings. The lowest BCUT2D eigenvalue weighted by Gasteiger charge is -2.22. The van der Waals surface area contributed by atoms with Gasteiger partial charge in [-0.1, -0.05) is 199 Å². The van der Waals surface area contributed by atoms with Gasteiger partial charge in [-0.25, -0.2) is 0 Å². The summed E-state index contributed by atoms with van der Waals surface area (Å²) in [6.45, 7) is 4.50. The zero-order chi connectivity index (χ0) is 34.9. The van der Waals surface area contributed by atoms with Gasteiger partial charge in [-0.2, -0.15) is 8.42 Å². The lowest BCUT2D eigenvalue weighted by atomic mass is 10.0. The number of unbranched alkanes of at least 4 members (excludes halogenated alkanes) is 27.